The number of ether oxygens (including phenoxy) is 1. The van der Waals surface area contributed by atoms with Crippen LogP contribution in [-0.2, 0) is 4.74 Å². The van der Waals surface area contributed by atoms with E-state index in [1.165, 1.54) is 36.5 Å². The lowest BCUT2D eigenvalue weighted by Crippen LogP contribution is -2.48. The molecule has 2 aromatic rings. The number of nitrogens with zero attached hydrogens (tertiary/aromatic N) is 3. The molecular weight excluding hydrogens is 370 g/mol. The Balaban J connectivity index is 1.92. The zero-order valence-corrected chi connectivity index (χ0v) is 15.6. The van der Waals surface area contributed by atoms with Gasteiger partial charge in [-0.1, -0.05) is 6.07 Å². The molecule has 1 N–H and O–H groups in total. The number of morpholine rings is 1. The molecule has 0 amide bonds. The lowest BCUT2D eigenvalue weighted by atomic mass is 10.0. The van der Waals surface area contributed by atoms with E-state index in [-0.39, 0.29) is 35.8 Å². The molecule has 0 saturated carbocycles. The van der Waals surface area contributed by atoms with Gasteiger partial charge < -0.3 is 10.1 Å². The maximum atomic E-state index is 14.5. The molecule has 1 saturated heterocycles. The summed E-state index contributed by atoms with van der Waals surface area (Å²) in [6.07, 6.45) is 1.21. The van der Waals surface area contributed by atoms with Crippen molar-refractivity contribution in [3.05, 3.63) is 63.8 Å². The molecule has 7 nitrogen and oxygen atoms in total. The largest absolute Gasteiger partial charge is 0.373 e. The first-order chi connectivity index (χ1) is 13.4. The molecule has 0 aliphatic carbocycles. The normalized spacial score (nSPS) is 21.3. The van der Waals surface area contributed by atoms with Gasteiger partial charge in [-0.2, -0.15) is 0 Å². The highest BCUT2D eigenvalue weighted by Crippen LogP contribution is 2.30. The SMILES string of the molecule is CC1CN(C(CNc2ncccc2[N+](=O)[O-])c2c(F)cccc2F)CC(C)O1. The summed E-state index contributed by atoms with van der Waals surface area (Å²) in [6, 6.07) is 5.84. The van der Waals surface area contributed by atoms with Crippen LogP contribution >= 0.6 is 0 Å². The summed E-state index contributed by atoms with van der Waals surface area (Å²) in [6.45, 7) is 4.81. The molecule has 1 aromatic carbocycles. The van der Waals surface area contributed by atoms with E-state index >= 15 is 0 Å². The smallest absolute Gasteiger partial charge is 0.311 e. The number of rotatable bonds is 6. The second-order valence-corrected chi connectivity index (χ2v) is 6.87. The fraction of sp³-hybridized carbons (Fsp3) is 0.421. The second-order valence-electron chi connectivity index (χ2n) is 6.87. The summed E-state index contributed by atoms with van der Waals surface area (Å²) in [5.41, 5.74) is -0.270. The third kappa shape index (κ3) is 4.42. The van der Waals surface area contributed by atoms with E-state index in [4.69, 9.17) is 4.74 Å². The number of nitrogens with one attached hydrogen (secondary N) is 1. The van der Waals surface area contributed by atoms with Crippen LogP contribution in [0.2, 0.25) is 0 Å². The van der Waals surface area contributed by atoms with Crippen LogP contribution in [0.5, 0.6) is 0 Å². The molecule has 9 heteroatoms. The van der Waals surface area contributed by atoms with Gasteiger partial charge in [-0.15, -0.1) is 0 Å². The minimum atomic E-state index is -0.684. The first kappa shape index (κ1) is 20.1. The standard InChI is InChI=1S/C19H22F2N4O3/c1-12-10-24(11-13(2)28-12)17(18-14(20)5-3-6-15(18)21)9-23-19-16(25(26)27)7-4-8-22-19/h3-8,12-13,17H,9-11H2,1-2H3,(H,22,23). The molecule has 3 rings (SSSR count). The number of halogens is 2. The average molecular weight is 392 g/mol. The van der Waals surface area contributed by atoms with Crippen LogP contribution in [0.25, 0.3) is 0 Å². The Labute approximate surface area is 161 Å². The Kier molecular flexibility index (Phi) is 6.15. The van der Waals surface area contributed by atoms with Gasteiger partial charge in [0, 0.05) is 37.5 Å². The first-order valence-electron chi connectivity index (χ1n) is 9.03. The van der Waals surface area contributed by atoms with Gasteiger partial charge in [0.1, 0.15) is 11.6 Å². The summed E-state index contributed by atoms with van der Waals surface area (Å²) in [7, 11) is 0. The summed E-state index contributed by atoms with van der Waals surface area (Å²) in [5.74, 6) is -1.26. The number of benzene rings is 1. The minimum Gasteiger partial charge on any atom is -0.373 e. The van der Waals surface area contributed by atoms with E-state index in [0.717, 1.165) is 0 Å². The van der Waals surface area contributed by atoms with Crippen molar-refractivity contribution in [2.24, 2.45) is 0 Å². The Morgan fingerprint density at radius 2 is 1.89 bits per heavy atom. The summed E-state index contributed by atoms with van der Waals surface area (Å²) in [4.78, 5) is 16.6. The lowest BCUT2D eigenvalue weighted by molar-refractivity contribution is -0.384. The van der Waals surface area contributed by atoms with Crippen molar-refractivity contribution in [2.75, 3.05) is 25.0 Å². The van der Waals surface area contributed by atoms with Crippen LogP contribution in [0.1, 0.15) is 25.5 Å². The Morgan fingerprint density at radius 1 is 1.25 bits per heavy atom. The van der Waals surface area contributed by atoms with Crippen LogP contribution in [0, 0.1) is 21.7 Å². The van der Waals surface area contributed by atoms with Crippen molar-refractivity contribution >= 4 is 11.5 Å². The van der Waals surface area contributed by atoms with Crippen LogP contribution in [0.3, 0.4) is 0 Å². The van der Waals surface area contributed by atoms with Gasteiger partial charge in [0.05, 0.1) is 23.2 Å². The van der Waals surface area contributed by atoms with E-state index in [9.17, 15) is 18.9 Å². The van der Waals surface area contributed by atoms with E-state index in [0.29, 0.717) is 13.1 Å². The summed E-state index contributed by atoms with van der Waals surface area (Å²) in [5, 5.41) is 14.1. The zero-order chi connectivity index (χ0) is 20.3. The van der Waals surface area contributed by atoms with Crippen LogP contribution in [0.4, 0.5) is 20.3 Å². The highest BCUT2D eigenvalue weighted by molar-refractivity contribution is 5.55. The fourth-order valence-electron chi connectivity index (χ4n) is 3.59. The third-order valence-corrected chi connectivity index (χ3v) is 4.67. The van der Waals surface area contributed by atoms with Crippen molar-refractivity contribution in [3.63, 3.8) is 0 Å². The molecule has 0 radical (unpaired) electrons. The van der Waals surface area contributed by atoms with Crippen molar-refractivity contribution in [2.45, 2.75) is 32.1 Å². The van der Waals surface area contributed by atoms with Crippen LogP contribution in [0.15, 0.2) is 36.5 Å². The van der Waals surface area contributed by atoms with Crippen molar-refractivity contribution < 1.29 is 18.4 Å². The summed E-state index contributed by atoms with van der Waals surface area (Å²) < 4.78 is 34.8. The quantitative estimate of drug-likeness (QED) is 0.598. The fourth-order valence-corrected chi connectivity index (χ4v) is 3.59. The molecule has 1 aliphatic rings. The Bertz CT molecular complexity index is 821. The van der Waals surface area contributed by atoms with Crippen molar-refractivity contribution in [1.29, 1.82) is 0 Å². The van der Waals surface area contributed by atoms with Gasteiger partial charge in [-0.25, -0.2) is 13.8 Å². The molecule has 28 heavy (non-hydrogen) atoms. The minimum absolute atomic E-state index is 0.0507. The number of pyridine rings is 1. The number of hydrogen-bond acceptors (Lipinski definition) is 6. The van der Waals surface area contributed by atoms with Gasteiger partial charge in [0.15, 0.2) is 0 Å². The van der Waals surface area contributed by atoms with Crippen LogP contribution < -0.4 is 5.32 Å². The van der Waals surface area contributed by atoms with E-state index in [1.807, 2.05) is 18.7 Å². The average Bonchev–Trinajstić information content (AvgIpc) is 2.63. The number of nitro groups is 1. The predicted molar refractivity (Wildman–Crippen MR) is 100 cm³/mol. The molecule has 3 unspecified atom stereocenters. The Hall–Kier alpha value is -2.65. The number of aromatic nitrogens is 1. The van der Waals surface area contributed by atoms with Crippen LogP contribution in [-0.4, -0.2) is 46.6 Å². The van der Waals surface area contributed by atoms with Gasteiger partial charge in [0.2, 0.25) is 5.82 Å². The molecule has 1 fully saturated rings. The molecule has 1 aromatic heterocycles. The topological polar surface area (TPSA) is 80.5 Å². The monoisotopic (exact) mass is 392 g/mol. The Morgan fingerprint density at radius 3 is 2.50 bits per heavy atom. The highest BCUT2D eigenvalue weighted by Gasteiger charge is 2.32. The maximum absolute atomic E-state index is 14.5. The second kappa shape index (κ2) is 8.57. The predicted octanol–water partition coefficient (Wildman–Crippen LogP) is 3.53. The lowest BCUT2D eigenvalue weighted by Gasteiger charge is -2.40. The van der Waals surface area contributed by atoms with E-state index in [2.05, 4.69) is 10.3 Å². The molecule has 0 spiro atoms. The van der Waals surface area contributed by atoms with Crippen molar-refractivity contribution in [3.8, 4) is 0 Å². The molecule has 1 aliphatic heterocycles. The van der Waals surface area contributed by atoms with Gasteiger partial charge in [-0.05, 0) is 32.0 Å². The maximum Gasteiger partial charge on any atom is 0.311 e. The molecule has 2 heterocycles. The van der Waals surface area contributed by atoms with Gasteiger partial charge >= 0.3 is 5.69 Å². The zero-order valence-electron chi connectivity index (χ0n) is 15.6. The molecule has 150 valence electrons. The molecule has 0 bridgehead atoms. The van der Waals surface area contributed by atoms with E-state index in [1.54, 1.807) is 0 Å². The van der Waals surface area contributed by atoms with Gasteiger partial charge in [-0.3, -0.25) is 15.0 Å². The van der Waals surface area contributed by atoms with Gasteiger partial charge in [0.25, 0.3) is 0 Å². The summed E-state index contributed by atoms with van der Waals surface area (Å²) >= 11 is 0. The molecular formula is C19H22F2N4O3. The van der Waals surface area contributed by atoms with Crippen molar-refractivity contribution in [1.82, 2.24) is 9.88 Å². The number of anilines is 1. The van der Waals surface area contributed by atoms with E-state index < -0.39 is 22.6 Å². The highest BCUT2D eigenvalue weighted by atomic mass is 19.1. The molecule has 3 atom stereocenters. The first-order valence-corrected chi connectivity index (χ1v) is 9.03. The third-order valence-electron chi connectivity index (χ3n) is 4.67. The number of hydrogen-bond donors (Lipinski definition) is 1.